The van der Waals surface area contributed by atoms with E-state index in [0.29, 0.717) is 15.8 Å². The summed E-state index contributed by atoms with van der Waals surface area (Å²) in [6.45, 7) is 17.3. The average molecular weight is 640 g/mol. The molecular formula is C39H49Cl3O. The zero-order valence-corrected chi connectivity index (χ0v) is 28.6. The van der Waals surface area contributed by atoms with Crippen LogP contribution in [0.15, 0.2) is 72.8 Å². The summed E-state index contributed by atoms with van der Waals surface area (Å²) in [4.78, 5) is 0. The average Bonchev–Trinajstić information content (AvgIpc) is 2.98. The molecular weight excluding hydrogens is 591 g/mol. The van der Waals surface area contributed by atoms with Crippen LogP contribution < -0.4 is 4.74 Å². The lowest BCUT2D eigenvalue weighted by molar-refractivity contribution is 0.370. The van der Waals surface area contributed by atoms with Gasteiger partial charge in [-0.05, 0) is 117 Å². The Kier molecular flexibility index (Phi) is 20.3. The first-order valence-corrected chi connectivity index (χ1v) is 15.5. The van der Waals surface area contributed by atoms with Gasteiger partial charge in [-0.2, -0.15) is 0 Å². The van der Waals surface area contributed by atoms with Crippen molar-refractivity contribution in [2.24, 2.45) is 0 Å². The van der Waals surface area contributed by atoms with E-state index < -0.39 is 0 Å². The first kappa shape index (κ1) is 40.1. The van der Waals surface area contributed by atoms with Crippen LogP contribution in [0.25, 0.3) is 0 Å². The molecule has 0 fully saturated rings. The highest BCUT2D eigenvalue weighted by Crippen LogP contribution is 2.30. The lowest BCUT2D eigenvalue weighted by Gasteiger charge is -2.06. The molecule has 0 saturated heterocycles. The molecule has 4 heteroatoms. The van der Waals surface area contributed by atoms with Gasteiger partial charge in [0.15, 0.2) is 0 Å². The van der Waals surface area contributed by atoms with Gasteiger partial charge in [0, 0.05) is 10.0 Å². The number of terminal acetylenes is 1. The van der Waals surface area contributed by atoms with Crippen molar-refractivity contribution in [3.8, 4) is 18.1 Å². The van der Waals surface area contributed by atoms with Crippen molar-refractivity contribution in [2.75, 3.05) is 6.61 Å². The SMILES string of the molecule is C.C#CCOc1cc(C)c(Cl)cc1Cl.CCc1cccc(CC)c1C.CCc1ccccc1Cl.Cc1cccc(C)c1C. The van der Waals surface area contributed by atoms with Crippen LogP contribution in [0.1, 0.15) is 72.7 Å². The highest BCUT2D eigenvalue weighted by molar-refractivity contribution is 6.36. The molecule has 0 bridgehead atoms. The number of hydrogen-bond donors (Lipinski definition) is 0. The van der Waals surface area contributed by atoms with Crippen LogP contribution in [-0.4, -0.2) is 6.61 Å². The fraction of sp³-hybridized carbons (Fsp3) is 0.333. The van der Waals surface area contributed by atoms with Crippen LogP contribution in [0.2, 0.25) is 15.1 Å². The Morgan fingerprint density at radius 2 is 1.07 bits per heavy atom. The van der Waals surface area contributed by atoms with Gasteiger partial charge in [0.1, 0.15) is 12.4 Å². The van der Waals surface area contributed by atoms with Crippen molar-refractivity contribution in [1.29, 1.82) is 0 Å². The molecule has 0 aromatic heterocycles. The molecule has 4 aromatic rings. The van der Waals surface area contributed by atoms with Gasteiger partial charge < -0.3 is 4.74 Å². The summed E-state index contributed by atoms with van der Waals surface area (Å²) in [5, 5.41) is 1.98. The third-order valence-electron chi connectivity index (χ3n) is 7.06. The van der Waals surface area contributed by atoms with E-state index in [1.165, 1.54) is 38.9 Å². The molecule has 232 valence electrons. The number of hydrogen-bond acceptors (Lipinski definition) is 1. The lowest BCUT2D eigenvalue weighted by Crippen LogP contribution is -1.94. The molecule has 0 aliphatic rings. The molecule has 0 aliphatic carbocycles. The van der Waals surface area contributed by atoms with Crippen LogP contribution in [0, 0.1) is 47.0 Å². The van der Waals surface area contributed by atoms with Crippen molar-refractivity contribution in [3.05, 3.63) is 132 Å². The van der Waals surface area contributed by atoms with Crippen LogP contribution in [-0.2, 0) is 19.3 Å². The zero-order chi connectivity index (χ0) is 31.7. The van der Waals surface area contributed by atoms with Gasteiger partial charge in [0.2, 0.25) is 0 Å². The Morgan fingerprint density at radius 3 is 1.51 bits per heavy atom. The van der Waals surface area contributed by atoms with Crippen LogP contribution in [0.3, 0.4) is 0 Å². The van der Waals surface area contributed by atoms with Crippen molar-refractivity contribution in [1.82, 2.24) is 0 Å². The maximum Gasteiger partial charge on any atom is 0.148 e. The molecule has 0 radical (unpaired) electrons. The monoisotopic (exact) mass is 638 g/mol. The van der Waals surface area contributed by atoms with Gasteiger partial charge in [-0.1, -0.05) is 124 Å². The fourth-order valence-electron chi connectivity index (χ4n) is 4.05. The van der Waals surface area contributed by atoms with Crippen molar-refractivity contribution < 1.29 is 4.74 Å². The lowest BCUT2D eigenvalue weighted by atomic mass is 9.99. The van der Waals surface area contributed by atoms with Gasteiger partial charge in [-0.3, -0.25) is 0 Å². The highest BCUT2D eigenvalue weighted by atomic mass is 35.5. The summed E-state index contributed by atoms with van der Waals surface area (Å²) in [7, 11) is 0. The standard InChI is InChI=1S/C11H16.C10H8Cl2O.C9H12.C8H9Cl.CH4/c1-4-10-7-6-8-11(5-2)9(10)3;1-3-4-13-10-5-7(2)8(11)6-9(10)12;1-7-5-4-6-8(2)9(7)3;1-2-7-5-3-4-6-8(7)9;/h6-8H,4-5H2,1-3H3;1,5-6H,4H2,2H3;4-6H,1-3H3;3-6H,2H2,1H3;1H4. The van der Waals surface area contributed by atoms with E-state index in [9.17, 15) is 0 Å². The summed E-state index contributed by atoms with van der Waals surface area (Å²) in [5.41, 5.74) is 10.8. The molecule has 0 atom stereocenters. The molecule has 0 N–H and O–H groups in total. The third kappa shape index (κ3) is 14.0. The maximum absolute atomic E-state index is 5.86. The van der Waals surface area contributed by atoms with Crippen LogP contribution in [0.4, 0.5) is 0 Å². The zero-order valence-electron chi connectivity index (χ0n) is 26.4. The molecule has 0 spiro atoms. The molecule has 0 saturated carbocycles. The second kappa shape index (κ2) is 21.7. The van der Waals surface area contributed by atoms with Crippen molar-refractivity contribution >= 4 is 34.8 Å². The summed E-state index contributed by atoms with van der Waals surface area (Å²) >= 11 is 17.5. The second-order valence-electron chi connectivity index (χ2n) is 9.89. The van der Waals surface area contributed by atoms with E-state index in [1.807, 2.05) is 31.2 Å². The molecule has 0 heterocycles. The van der Waals surface area contributed by atoms with E-state index in [0.717, 1.165) is 29.8 Å². The molecule has 0 amide bonds. The van der Waals surface area contributed by atoms with E-state index in [-0.39, 0.29) is 14.0 Å². The Labute approximate surface area is 277 Å². The molecule has 0 unspecified atom stereocenters. The second-order valence-corrected chi connectivity index (χ2v) is 11.1. The Morgan fingerprint density at radius 1 is 0.581 bits per heavy atom. The maximum atomic E-state index is 5.86. The van der Waals surface area contributed by atoms with Gasteiger partial charge in [-0.25, -0.2) is 0 Å². The van der Waals surface area contributed by atoms with Gasteiger partial charge in [0.05, 0.1) is 5.02 Å². The minimum Gasteiger partial charge on any atom is -0.479 e. The largest absolute Gasteiger partial charge is 0.479 e. The molecule has 4 rings (SSSR count). The van der Waals surface area contributed by atoms with Gasteiger partial charge in [-0.15, -0.1) is 6.42 Å². The molecule has 1 nitrogen and oxygen atoms in total. The minimum absolute atomic E-state index is 0. The van der Waals surface area contributed by atoms with E-state index in [2.05, 4.69) is 90.8 Å². The summed E-state index contributed by atoms with van der Waals surface area (Å²) in [6, 6.07) is 24.3. The van der Waals surface area contributed by atoms with E-state index in [4.69, 9.17) is 46.0 Å². The number of rotatable bonds is 5. The third-order valence-corrected chi connectivity index (χ3v) is 8.13. The Bertz CT molecular complexity index is 1390. The summed E-state index contributed by atoms with van der Waals surface area (Å²) in [5.74, 6) is 2.93. The first-order chi connectivity index (χ1) is 20.0. The Hall–Kier alpha value is -2.89. The molecule has 43 heavy (non-hydrogen) atoms. The van der Waals surface area contributed by atoms with E-state index >= 15 is 0 Å². The predicted octanol–water partition coefficient (Wildman–Crippen LogP) is 12.6. The fourth-order valence-corrected chi connectivity index (χ4v) is 4.75. The number of halogens is 3. The number of ether oxygens (including phenoxy) is 1. The van der Waals surface area contributed by atoms with Crippen LogP contribution in [0.5, 0.6) is 5.75 Å². The molecule has 0 aliphatic heterocycles. The van der Waals surface area contributed by atoms with Crippen molar-refractivity contribution in [3.63, 3.8) is 0 Å². The molecule has 4 aromatic carbocycles. The highest BCUT2D eigenvalue weighted by Gasteiger charge is 2.04. The topological polar surface area (TPSA) is 9.23 Å². The normalized spacial score (nSPS) is 9.44. The Balaban J connectivity index is 0.000000549. The smallest absolute Gasteiger partial charge is 0.148 e. The number of aryl methyl sites for hydroxylation is 6. The first-order valence-electron chi connectivity index (χ1n) is 14.4. The number of benzene rings is 4. The van der Waals surface area contributed by atoms with Gasteiger partial charge >= 0.3 is 0 Å². The van der Waals surface area contributed by atoms with Gasteiger partial charge in [0.25, 0.3) is 0 Å². The van der Waals surface area contributed by atoms with Crippen molar-refractivity contribution in [2.45, 2.75) is 82.1 Å². The van der Waals surface area contributed by atoms with Crippen LogP contribution >= 0.6 is 34.8 Å². The summed E-state index contributed by atoms with van der Waals surface area (Å²) < 4.78 is 5.20. The van der Waals surface area contributed by atoms with E-state index in [1.54, 1.807) is 12.1 Å². The summed E-state index contributed by atoms with van der Waals surface area (Å²) in [6.07, 6.45) is 8.37. The quantitative estimate of drug-likeness (QED) is 0.197. The minimum atomic E-state index is 0. The predicted molar refractivity (Wildman–Crippen MR) is 194 cm³/mol.